The Kier molecular flexibility index (Phi) is 4.32. The van der Waals surface area contributed by atoms with Crippen molar-refractivity contribution >= 4 is 34.8 Å². The summed E-state index contributed by atoms with van der Waals surface area (Å²) < 4.78 is 1.80. The number of anilines is 1. The number of hydrogen-bond acceptors (Lipinski definition) is 3. The second-order valence-electron chi connectivity index (χ2n) is 4.90. The molecule has 0 unspecified atom stereocenters. The molecule has 3 rings (SSSR count). The molecule has 5 nitrogen and oxygen atoms in total. The lowest BCUT2D eigenvalue weighted by Crippen LogP contribution is -2.12. The van der Waals surface area contributed by atoms with Gasteiger partial charge in [-0.1, -0.05) is 41.4 Å². The Morgan fingerprint density at radius 3 is 2.70 bits per heavy atom. The van der Waals surface area contributed by atoms with Gasteiger partial charge in [0.2, 0.25) is 0 Å². The summed E-state index contributed by atoms with van der Waals surface area (Å²) in [6.07, 6.45) is 1.62. The van der Waals surface area contributed by atoms with Crippen LogP contribution in [0.4, 0.5) is 5.69 Å². The molecule has 0 radical (unpaired) electrons. The minimum atomic E-state index is -0.326. The third-order valence-corrected chi connectivity index (χ3v) is 4.11. The number of aromatic nitrogens is 3. The van der Waals surface area contributed by atoms with Crippen molar-refractivity contribution in [1.29, 1.82) is 0 Å². The van der Waals surface area contributed by atoms with Crippen LogP contribution in [0.3, 0.4) is 0 Å². The lowest BCUT2D eigenvalue weighted by atomic mass is 10.1. The number of rotatable bonds is 3. The average molecular weight is 347 g/mol. The Labute approximate surface area is 142 Å². The molecule has 116 valence electrons. The summed E-state index contributed by atoms with van der Waals surface area (Å²) in [6.45, 7) is 0. The minimum absolute atomic E-state index is 0.233. The third-order valence-electron chi connectivity index (χ3n) is 3.29. The second kappa shape index (κ2) is 6.40. The molecule has 0 saturated carbocycles. The second-order valence-corrected chi connectivity index (χ2v) is 5.69. The van der Waals surface area contributed by atoms with Crippen LogP contribution in [0, 0.1) is 0 Å². The highest BCUT2D eigenvalue weighted by atomic mass is 35.5. The van der Waals surface area contributed by atoms with E-state index in [4.69, 9.17) is 23.2 Å². The molecule has 1 heterocycles. The first-order valence-corrected chi connectivity index (χ1v) is 7.51. The molecule has 0 fully saturated rings. The fourth-order valence-electron chi connectivity index (χ4n) is 2.16. The zero-order valence-electron chi connectivity index (χ0n) is 12.1. The zero-order chi connectivity index (χ0) is 16.4. The number of carbonyl (C=O) groups is 1. The van der Waals surface area contributed by atoms with E-state index in [9.17, 15) is 4.79 Å². The first kappa shape index (κ1) is 15.5. The third kappa shape index (κ3) is 3.21. The fraction of sp³-hybridized carbons (Fsp3) is 0.0625. The number of benzene rings is 2. The largest absolute Gasteiger partial charge is 0.322 e. The van der Waals surface area contributed by atoms with E-state index in [-0.39, 0.29) is 10.9 Å². The molecule has 1 N–H and O–H groups in total. The van der Waals surface area contributed by atoms with Gasteiger partial charge in [0.1, 0.15) is 6.33 Å². The lowest BCUT2D eigenvalue weighted by molar-refractivity contribution is 0.102. The average Bonchev–Trinajstić information content (AvgIpc) is 2.96. The monoisotopic (exact) mass is 346 g/mol. The van der Waals surface area contributed by atoms with Crippen molar-refractivity contribution in [3.05, 3.63) is 64.4 Å². The summed E-state index contributed by atoms with van der Waals surface area (Å²) in [5.74, 6) is 0.384. The molecule has 0 spiro atoms. The Morgan fingerprint density at radius 2 is 1.96 bits per heavy atom. The highest BCUT2D eigenvalue weighted by molar-refractivity contribution is 6.44. The van der Waals surface area contributed by atoms with Crippen molar-refractivity contribution in [2.75, 3.05) is 5.32 Å². The van der Waals surface area contributed by atoms with Gasteiger partial charge in [-0.25, -0.2) is 0 Å². The van der Waals surface area contributed by atoms with E-state index in [0.717, 1.165) is 5.56 Å². The van der Waals surface area contributed by atoms with Gasteiger partial charge in [-0.2, -0.15) is 0 Å². The summed E-state index contributed by atoms with van der Waals surface area (Å²) >= 11 is 12.0. The van der Waals surface area contributed by atoms with Gasteiger partial charge in [-0.15, -0.1) is 10.2 Å². The summed E-state index contributed by atoms with van der Waals surface area (Å²) in [7, 11) is 1.85. The number of halogens is 2. The predicted octanol–water partition coefficient (Wildman–Crippen LogP) is 4.04. The van der Waals surface area contributed by atoms with Crippen LogP contribution in [0.15, 0.2) is 48.8 Å². The lowest BCUT2D eigenvalue weighted by Gasteiger charge is -2.09. The van der Waals surface area contributed by atoms with Gasteiger partial charge in [-0.3, -0.25) is 4.79 Å². The Bertz CT molecular complexity index is 876. The van der Waals surface area contributed by atoms with E-state index < -0.39 is 0 Å². The van der Waals surface area contributed by atoms with Gasteiger partial charge < -0.3 is 9.88 Å². The number of amides is 1. The van der Waals surface area contributed by atoms with E-state index in [2.05, 4.69) is 15.5 Å². The number of nitrogens with one attached hydrogen (secondary N) is 1. The topological polar surface area (TPSA) is 59.8 Å². The molecule has 7 heteroatoms. The normalized spacial score (nSPS) is 10.6. The quantitative estimate of drug-likeness (QED) is 0.778. The molecule has 0 aliphatic carbocycles. The summed E-state index contributed by atoms with van der Waals surface area (Å²) in [4.78, 5) is 12.4. The summed E-state index contributed by atoms with van der Waals surface area (Å²) in [5, 5.41) is 11.3. The Balaban J connectivity index is 1.87. The van der Waals surface area contributed by atoms with Crippen molar-refractivity contribution in [3.63, 3.8) is 0 Å². The van der Waals surface area contributed by atoms with Crippen molar-refractivity contribution < 1.29 is 4.79 Å². The molecule has 0 saturated heterocycles. The SMILES string of the molecule is Cn1cnnc1-c1cccc(NC(=O)c2cccc(Cl)c2Cl)c1. The maximum atomic E-state index is 12.4. The van der Waals surface area contributed by atoms with Gasteiger partial charge >= 0.3 is 0 Å². The van der Waals surface area contributed by atoms with Crippen LogP contribution in [0.1, 0.15) is 10.4 Å². The van der Waals surface area contributed by atoms with Crippen molar-refractivity contribution in [2.24, 2.45) is 7.05 Å². The number of nitrogens with zero attached hydrogens (tertiary/aromatic N) is 3. The molecule has 23 heavy (non-hydrogen) atoms. The van der Waals surface area contributed by atoms with Gasteiger partial charge in [-0.05, 0) is 24.3 Å². The van der Waals surface area contributed by atoms with Crippen LogP contribution in [0.2, 0.25) is 10.0 Å². The predicted molar refractivity (Wildman–Crippen MR) is 90.9 cm³/mol. The van der Waals surface area contributed by atoms with Gasteiger partial charge in [0.15, 0.2) is 5.82 Å². The molecule has 1 aromatic heterocycles. The molecular weight excluding hydrogens is 335 g/mol. The van der Waals surface area contributed by atoms with Crippen LogP contribution < -0.4 is 5.32 Å². The van der Waals surface area contributed by atoms with E-state index >= 15 is 0 Å². The van der Waals surface area contributed by atoms with E-state index in [0.29, 0.717) is 22.1 Å². The van der Waals surface area contributed by atoms with Crippen molar-refractivity contribution in [1.82, 2.24) is 14.8 Å². The minimum Gasteiger partial charge on any atom is -0.322 e. The fourth-order valence-corrected chi connectivity index (χ4v) is 2.54. The van der Waals surface area contributed by atoms with Crippen molar-refractivity contribution in [2.45, 2.75) is 0 Å². The molecule has 0 bridgehead atoms. The zero-order valence-corrected chi connectivity index (χ0v) is 13.6. The van der Waals surface area contributed by atoms with Crippen LogP contribution in [-0.4, -0.2) is 20.7 Å². The van der Waals surface area contributed by atoms with Crippen LogP contribution in [0.5, 0.6) is 0 Å². The van der Waals surface area contributed by atoms with Crippen LogP contribution in [0.25, 0.3) is 11.4 Å². The Hall–Kier alpha value is -2.37. The molecular formula is C16H12Cl2N4O. The van der Waals surface area contributed by atoms with Gasteiger partial charge in [0, 0.05) is 18.3 Å². The summed E-state index contributed by atoms with van der Waals surface area (Å²) in [5.41, 5.74) is 1.80. The Morgan fingerprint density at radius 1 is 1.17 bits per heavy atom. The standard InChI is InChI=1S/C16H12Cl2N4O/c1-22-9-19-21-15(22)10-4-2-5-11(8-10)20-16(23)12-6-3-7-13(17)14(12)18/h2-9H,1H3,(H,20,23). The number of hydrogen-bond donors (Lipinski definition) is 1. The van der Waals surface area contributed by atoms with E-state index in [1.807, 2.05) is 25.2 Å². The van der Waals surface area contributed by atoms with Crippen molar-refractivity contribution in [3.8, 4) is 11.4 Å². The van der Waals surface area contributed by atoms with E-state index in [1.54, 1.807) is 35.2 Å². The van der Waals surface area contributed by atoms with Gasteiger partial charge in [0.25, 0.3) is 5.91 Å². The molecule has 0 aliphatic heterocycles. The highest BCUT2D eigenvalue weighted by Crippen LogP contribution is 2.27. The van der Waals surface area contributed by atoms with E-state index in [1.165, 1.54) is 0 Å². The molecule has 2 aromatic carbocycles. The molecule has 3 aromatic rings. The molecule has 1 amide bonds. The first-order valence-electron chi connectivity index (χ1n) is 6.76. The number of aryl methyl sites for hydroxylation is 1. The maximum absolute atomic E-state index is 12.4. The first-order chi connectivity index (χ1) is 11.1. The highest BCUT2D eigenvalue weighted by Gasteiger charge is 2.13. The molecule has 0 atom stereocenters. The summed E-state index contributed by atoms with van der Waals surface area (Å²) in [6, 6.07) is 12.3. The number of carbonyl (C=O) groups excluding carboxylic acids is 1. The maximum Gasteiger partial charge on any atom is 0.257 e. The van der Waals surface area contributed by atoms with Crippen LogP contribution >= 0.6 is 23.2 Å². The van der Waals surface area contributed by atoms with Gasteiger partial charge in [0.05, 0.1) is 15.6 Å². The molecule has 0 aliphatic rings. The van der Waals surface area contributed by atoms with Crippen LogP contribution in [-0.2, 0) is 7.05 Å². The smallest absolute Gasteiger partial charge is 0.257 e.